The number of H-pyrrole nitrogens is 1. The molecule has 1 saturated heterocycles. The molecule has 0 unspecified atom stereocenters. The number of nitrogens with one attached hydrogen (secondary N) is 1. The van der Waals surface area contributed by atoms with Crippen molar-refractivity contribution in [1.82, 2.24) is 24.5 Å². The van der Waals surface area contributed by atoms with E-state index in [-0.39, 0.29) is 17.1 Å². The largest absolute Gasteiger partial charge is 0.394 e. The molecule has 0 aromatic carbocycles. The second-order valence-corrected chi connectivity index (χ2v) is 5.50. The highest BCUT2D eigenvalue weighted by Crippen LogP contribution is 2.35. The third-order valence-corrected chi connectivity index (χ3v) is 3.96. The van der Waals surface area contributed by atoms with Crippen LogP contribution < -0.4 is 11.2 Å². The van der Waals surface area contributed by atoms with E-state index in [1.165, 1.54) is 17.0 Å². The van der Waals surface area contributed by atoms with Gasteiger partial charge in [0.1, 0.15) is 12.3 Å². The van der Waals surface area contributed by atoms with Gasteiger partial charge in [-0.2, -0.15) is 0 Å². The summed E-state index contributed by atoms with van der Waals surface area (Å²) in [5.41, 5.74) is -1.06. The maximum absolute atomic E-state index is 11.9. The first-order valence-electron chi connectivity index (χ1n) is 6.23. The van der Waals surface area contributed by atoms with Gasteiger partial charge in [-0.3, -0.25) is 14.3 Å². The number of rotatable bonds is 3. The minimum atomic E-state index is -0.600. The smallest absolute Gasteiger partial charge is 0.330 e. The standard InChI is InChI=1S/C11H12BrN5O4/c12-6-4-16(11(20)14-10(6)19)9-3-7(8(5-18)21-9)17-2-1-13-15-17/h1-2,4,7-9,18H,3,5H2,(H,14,19,20)/t7-,8+,9+/m0/s1. The number of ether oxygens (including phenoxy) is 1. The summed E-state index contributed by atoms with van der Waals surface area (Å²) in [5, 5.41) is 17.1. The Morgan fingerprint density at radius 1 is 1.52 bits per heavy atom. The van der Waals surface area contributed by atoms with Crippen molar-refractivity contribution >= 4 is 15.9 Å². The number of aliphatic hydroxyl groups is 1. The van der Waals surface area contributed by atoms with Crippen LogP contribution in [0.15, 0.2) is 32.7 Å². The van der Waals surface area contributed by atoms with E-state index >= 15 is 0 Å². The minimum Gasteiger partial charge on any atom is -0.394 e. The summed E-state index contributed by atoms with van der Waals surface area (Å²) >= 11 is 3.08. The van der Waals surface area contributed by atoms with Gasteiger partial charge in [-0.1, -0.05) is 5.21 Å². The molecule has 2 N–H and O–H groups in total. The third kappa shape index (κ3) is 2.57. The number of aromatic nitrogens is 5. The predicted octanol–water partition coefficient (Wildman–Crippen LogP) is -0.588. The molecule has 0 bridgehead atoms. The van der Waals surface area contributed by atoms with Crippen molar-refractivity contribution in [1.29, 1.82) is 0 Å². The summed E-state index contributed by atoms with van der Waals surface area (Å²) in [7, 11) is 0. The Bertz CT molecular complexity index is 740. The third-order valence-electron chi connectivity index (χ3n) is 3.40. The molecule has 112 valence electrons. The molecule has 0 saturated carbocycles. The zero-order valence-corrected chi connectivity index (χ0v) is 12.3. The Morgan fingerprint density at radius 3 is 3.00 bits per heavy atom. The van der Waals surface area contributed by atoms with Crippen LogP contribution in [0.1, 0.15) is 18.7 Å². The first-order valence-corrected chi connectivity index (χ1v) is 7.02. The molecular formula is C11H12BrN5O4. The molecule has 3 heterocycles. The summed E-state index contributed by atoms with van der Waals surface area (Å²) in [6, 6.07) is -0.236. The first-order chi connectivity index (χ1) is 10.1. The van der Waals surface area contributed by atoms with E-state index in [1.54, 1.807) is 10.9 Å². The highest BCUT2D eigenvalue weighted by atomic mass is 79.9. The second-order valence-electron chi connectivity index (χ2n) is 4.64. The lowest BCUT2D eigenvalue weighted by molar-refractivity contribution is -0.0323. The fourth-order valence-electron chi connectivity index (χ4n) is 2.40. The lowest BCUT2D eigenvalue weighted by Gasteiger charge is -2.15. The average Bonchev–Trinajstić information content (AvgIpc) is 3.10. The molecule has 3 atom stereocenters. The van der Waals surface area contributed by atoms with Crippen molar-refractivity contribution in [3.8, 4) is 0 Å². The van der Waals surface area contributed by atoms with Crippen molar-refractivity contribution in [3.63, 3.8) is 0 Å². The normalized spacial score (nSPS) is 25.3. The number of halogens is 1. The Balaban J connectivity index is 1.93. The second kappa shape index (κ2) is 5.54. The van der Waals surface area contributed by atoms with Gasteiger partial charge in [-0.15, -0.1) is 5.10 Å². The van der Waals surface area contributed by atoms with Gasteiger partial charge in [0.2, 0.25) is 0 Å². The van der Waals surface area contributed by atoms with Crippen LogP contribution in [0.5, 0.6) is 0 Å². The molecule has 2 aromatic rings. The van der Waals surface area contributed by atoms with Crippen LogP contribution in [0.25, 0.3) is 0 Å². The van der Waals surface area contributed by atoms with Gasteiger partial charge in [0.15, 0.2) is 0 Å². The van der Waals surface area contributed by atoms with Gasteiger partial charge in [0, 0.05) is 18.8 Å². The fourth-order valence-corrected chi connectivity index (χ4v) is 2.72. The average molecular weight is 358 g/mol. The summed E-state index contributed by atoms with van der Waals surface area (Å²) in [6.45, 7) is -0.208. The lowest BCUT2D eigenvalue weighted by atomic mass is 10.1. The molecule has 1 aliphatic rings. The van der Waals surface area contributed by atoms with Gasteiger partial charge in [-0.05, 0) is 15.9 Å². The monoisotopic (exact) mass is 357 g/mol. The maximum Gasteiger partial charge on any atom is 0.330 e. The lowest BCUT2D eigenvalue weighted by Crippen LogP contribution is -2.32. The van der Waals surface area contributed by atoms with Crippen molar-refractivity contribution < 1.29 is 9.84 Å². The zero-order chi connectivity index (χ0) is 15.0. The van der Waals surface area contributed by atoms with E-state index in [0.29, 0.717) is 6.42 Å². The number of nitrogens with zero attached hydrogens (tertiary/aromatic N) is 4. The quantitative estimate of drug-likeness (QED) is 0.758. The predicted molar refractivity (Wildman–Crippen MR) is 73.7 cm³/mol. The summed E-state index contributed by atoms with van der Waals surface area (Å²) in [5.74, 6) is 0. The van der Waals surface area contributed by atoms with Crippen molar-refractivity contribution in [2.75, 3.05) is 6.61 Å². The molecule has 0 aliphatic carbocycles. The highest BCUT2D eigenvalue weighted by molar-refractivity contribution is 9.10. The molecule has 3 rings (SSSR count). The van der Waals surface area contributed by atoms with Crippen LogP contribution in [0.4, 0.5) is 0 Å². The Labute approximate surface area is 126 Å². The minimum absolute atomic E-state index is 0.208. The molecule has 0 radical (unpaired) electrons. The molecule has 2 aromatic heterocycles. The van der Waals surface area contributed by atoms with E-state index < -0.39 is 23.6 Å². The van der Waals surface area contributed by atoms with E-state index in [1.807, 2.05) is 0 Å². The van der Waals surface area contributed by atoms with Gasteiger partial charge < -0.3 is 9.84 Å². The van der Waals surface area contributed by atoms with Gasteiger partial charge >= 0.3 is 5.69 Å². The number of hydrogen-bond acceptors (Lipinski definition) is 6. The van der Waals surface area contributed by atoms with Crippen LogP contribution >= 0.6 is 15.9 Å². The van der Waals surface area contributed by atoms with Gasteiger partial charge in [0.05, 0.1) is 23.3 Å². The van der Waals surface area contributed by atoms with Crippen LogP contribution in [-0.4, -0.2) is 42.4 Å². The maximum atomic E-state index is 11.9. The molecule has 1 aliphatic heterocycles. The van der Waals surface area contributed by atoms with Crippen LogP contribution in [0.3, 0.4) is 0 Å². The molecule has 0 spiro atoms. The number of aromatic amines is 1. The van der Waals surface area contributed by atoms with E-state index in [2.05, 4.69) is 31.2 Å². The Morgan fingerprint density at radius 2 is 2.33 bits per heavy atom. The van der Waals surface area contributed by atoms with Crippen LogP contribution in [-0.2, 0) is 4.74 Å². The molecule has 0 amide bonds. The fraction of sp³-hybridized carbons (Fsp3) is 0.455. The number of aliphatic hydroxyl groups excluding tert-OH is 1. The highest BCUT2D eigenvalue weighted by Gasteiger charge is 2.38. The summed E-state index contributed by atoms with van der Waals surface area (Å²) < 4.78 is 8.79. The van der Waals surface area contributed by atoms with Crippen LogP contribution in [0, 0.1) is 0 Å². The molecule has 1 fully saturated rings. The van der Waals surface area contributed by atoms with Crippen molar-refractivity contribution in [3.05, 3.63) is 43.9 Å². The molecular weight excluding hydrogens is 346 g/mol. The van der Waals surface area contributed by atoms with E-state index in [4.69, 9.17) is 4.74 Å². The van der Waals surface area contributed by atoms with E-state index in [9.17, 15) is 14.7 Å². The molecule has 9 nitrogen and oxygen atoms in total. The Hall–Kier alpha value is -1.78. The zero-order valence-electron chi connectivity index (χ0n) is 10.7. The summed E-state index contributed by atoms with van der Waals surface area (Å²) in [6.07, 6.45) is 3.90. The topological polar surface area (TPSA) is 115 Å². The van der Waals surface area contributed by atoms with Gasteiger partial charge in [-0.25, -0.2) is 9.48 Å². The van der Waals surface area contributed by atoms with Crippen molar-refractivity contribution in [2.24, 2.45) is 0 Å². The van der Waals surface area contributed by atoms with Crippen molar-refractivity contribution in [2.45, 2.75) is 24.8 Å². The Kier molecular flexibility index (Phi) is 3.74. The van der Waals surface area contributed by atoms with Crippen LogP contribution in [0.2, 0.25) is 0 Å². The van der Waals surface area contributed by atoms with Gasteiger partial charge in [0.25, 0.3) is 5.56 Å². The SMILES string of the molecule is O=c1[nH]c(=O)n([C@H]2C[C@H](n3ccnn3)[C@@H](CO)O2)cc1Br. The molecule has 10 heteroatoms. The number of hydrogen-bond donors (Lipinski definition) is 2. The first kappa shape index (κ1) is 14.2. The van der Waals surface area contributed by atoms with E-state index in [0.717, 1.165) is 0 Å². The summed E-state index contributed by atoms with van der Waals surface area (Å²) in [4.78, 5) is 25.4. The molecule has 21 heavy (non-hydrogen) atoms.